The Hall–Kier alpha value is -6.64. The number of aromatic nitrogens is 1. The summed E-state index contributed by atoms with van der Waals surface area (Å²) in [6, 6.07) is 67.6. The lowest BCUT2D eigenvalue weighted by atomic mass is 9.82. The molecule has 0 bridgehead atoms. The van der Waals surface area contributed by atoms with E-state index in [1.54, 1.807) is 0 Å². The maximum Gasteiger partial charge on any atom is 0.0709 e. The molecule has 8 aromatic carbocycles. The van der Waals surface area contributed by atoms with E-state index in [-0.39, 0.29) is 10.8 Å². The van der Waals surface area contributed by atoms with Crippen molar-refractivity contribution in [3.63, 3.8) is 0 Å². The van der Waals surface area contributed by atoms with E-state index in [1.807, 2.05) is 0 Å². The van der Waals surface area contributed by atoms with Crippen molar-refractivity contribution in [3.05, 3.63) is 204 Å². The Morgan fingerprint density at radius 3 is 1.39 bits per heavy atom. The third kappa shape index (κ3) is 4.50. The first kappa shape index (κ1) is 32.8. The minimum Gasteiger partial charge on any atom is -0.307 e. The van der Waals surface area contributed by atoms with Crippen LogP contribution in [0.25, 0.3) is 60.9 Å². The predicted molar refractivity (Wildman–Crippen MR) is 236 cm³/mol. The van der Waals surface area contributed by atoms with E-state index in [2.05, 4.69) is 219 Å². The first-order valence-corrected chi connectivity index (χ1v) is 19.8. The van der Waals surface area contributed by atoms with Gasteiger partial charge in [-0.1, -0.05) is 173 Å². The van der Waals surface area contributed by atoms with Gasteiger partial charge >= 0.3 is 0 Å². The van der Waals surface area contributed by atoms with Gasteiger partial charge in [0.05, 0.1) is 33.8 Å². The van der Waals surface area contributed by atoms with Crippen LogP contribution in [0.1, 0.15) is 49.9 Å². The van der Waals surface area contributed by atoms with E-state index in [4.69, 9.17) is 0 Å². The van der Waals surface area contributed by atoms with Gasteiger partial charge in [-0.3, -0.25) is 0 Å². The summed E-state index contributed by atoms with van der Waals surface area (Å²) in [5.41, 5.74) is 19.7. The van der Waals surface area contributed by atoms with Gasteiger partial charge in [0.15, 0.2) is 0 Å². The Labute approximate surface area is 328 Å². The molecule has 2 aliphatic rings. The number of nitrogens with zero attached hydrogens (tertiary/aromatic N) is 2. The van der Waals surface area contributed by atoms with E-state index >= 15 is 0 Å². The van der Waals surface area contributed by atoms with E-state index in [1.165, 1.54) is 88.8 Å². The molecular formula is C54H42N2. The van der Waals surface area contributed by atoms with Gasteiger partial charge in [0.25, 0.3) is 0 Å². The van der Waals surface area contributed by atoms with Crippen LogP contribution in [0.3, 0.4) is 0 Å². The number of hydrogen-bond acceptors (Lipinski definition) is 1. The van der Waals surface area contributed by atoms with Crippen LogP contribution in [-0.2, 0) is 10.8 Å². The summed E-state index contributed by atoms with van der Waals surface area (Å²) >= 11 is 0. The quantitative estimate of drug-likeness (QED) is 0.172. The maximum absolute atomic E-state index is 2.61. The summed E-state index contributed by atoms with van der Waals surface area (Å²) < 4.78 is 2.49. The van der Waals surface area contributed by atoms with Gasteiger partial charge in [0, 0.05) is 32.7 Å². The molecule has 0 fully saturated rings. The average Bonchev–Trinajstić information content (AvgIpc) is 3.79. The number of hydrogen-bond donors (Lipinski definition) is 0. The number of fused-ring (bicyclic) bond motifs is 9. The molecule has 0 saturated carbocycles. The lowest BCUT2D eigenvalue weighted by Crippen LogP contribution is -2.18. The molecule has 11 rings (SSSR count). The van der Waals surface area contributed by atoms with Crippen molar-refractivity contribution in [3.8, 4) is 39.1 Å². The van der Waals surface area contributed by atoms with Crippen LogP contribution in [0.5, 0.6) is 0 Å². The molecule has 1 heterocycles. The second kappa shape index (κ2) is 11.9. The molecule has 9 aromatic rings. The number of benzene rings is 8. The molecule has 0 N–H and O–H groups in total. The second-order valence-corrected chi connectivity index (χ2v) is 16.5. The first-order chi connectivity index (χ1) is 27.3. The van der Waals surface area contributed by atoms with Crippen LogP contribution in [0, 0.1) is 0 Å². The predicted octanol–water partition coefficient (Wildman–Crippen LogP) is 14.5. The first-order valence-electron chi connectivity index (χ1n) is 19.8. The fraction of sp³-hybridized carbons (Fsp3) is 0.111. The molecule has 2 heteroatoms. The van der Waals surface area contributed by atoms with Crippen molar-refractivity contribution in [2.45, 2.75) is 38.5 Å². The molecule has 0 spiro atoms. The molecule has 56 heavy (non-hydrogen) atoms. The van der Waals surface area contributed by atoms with Gasteiger partial charge in [0.2, 0.25) is 0 Å². The fourth-order valence-corrected chi connectivity index (χ4v) is 10.1. The maximum atomic E-state index is 2.61. The number of rotatable bonds is 5. The van der Waals surface area contributed by atoms with E-state index in [9.17, 15) is 0 Å². The van der Waals surface area contributed by atoms with Crippen LogP contribution >= 0.6 is 0 Å². The zero-order valence-electron chi connectivity index (χ0n) is 32.2. The highest BCUT2D eigenvalue weighted by atomic mass is 15.2. The lowest BCUT2D eigenvalue weighted by molar-refractivity contribution is 0.660. The molecule has 0 radical (unpaired) electrons. The molecule has 268 valence electrons. The van der Waals surface area contributed by atoms with E-state index in [0.29, 0.717) is 0 Å². The minimum absolute atomic E-state index is 0.150. The molecule has 0 unspecified atom stereocenters. The molecular weight excluding hydrogens is 677 g/mol. The van der Waals surface area contributed by atoms with Crippen molar-refractivity contribution in [1.29, 1.82) is 0 Å². The Balaban J connectivity index is 1.31. The van der Waals surface area contributed by atoms with Gasteiger partial charge in [0.1, 0.15) is 0 Å². The third-order valence-electron chi connectivity index (χ3n) is 12.8. The van der Waals surface area contributed by atoms with Gasteiger partial charge in [-0.25, -0.2) is 0 Å². The van der Waals surface area contributed by atoms with Crippen molar-refractivity contribution >= 4 is 38.9 Å². The highest BCUT2D eigenvalue weighted by Gasteiger charge is 2.41. The summed E-state index contributed by atoms with van der Waals surface area (Å²) in [7, 11) is 0. The zero-order valence-corrected chi connectivity index (χ0v) is 32.2. The zero-order chi connectivity index (χ0) is 37.8. The number of para-hydroxylation sites is 2. The Bertz CT molecular complexity index is 2870. The minimum atomic E-state index is -0.150. The van der Waals surface area contributed by atoms with Crippen molar-refractivity contribution in [1.82, 2.24) is 4.57 Å². The van der Waals surface area contributed by atoms with Gasteiger partial charge in [-0.2, -0.15) is 0 Å². The molecule has 0 saturated heterocycles. The molecule has 0 aliphatic heterocycles. The normalized spacial score (nSPS) is 14.4. The van der Waals surface area contributed by atoms with Gasteiger partial charge < -0.3 is 9.47 Å². The molecule has 2 aliphatic carbocycles. The third-order valence-corrected chi connectivity index (χ3v) is 12.8. The number of anilines is 3. The van der Waals surface area contributed by atoms with Crippen LogP contribution < -0.4 is 4.90 Å². The van der Waals surface area contributed by atoms with E-state index < -0.39 is 0 Å². The van der Waals surface area contributed by atoms with Gasteiger partial charge in [-0.05, 0) is 80.9 Å². The van der Waals surface area contributed by atoms with Gasteiger partial charge in [-0.15, -0.1) is 0 Å². The molecule has 1 aromatic heterocycles. The molecule has 0 atom stereocenters. The highest BCUT2D eigenvalue weighted by Crippen LogP contribution is 2.59. The monoisotopic (exact) mass is 718 g/mol. The SMILES string of the molecule is CC1(C)c2ccccc2-c2c(N(c3cc(-c4ccccc4)ccc3-n3c4ccccc4c4ccccc43)c3cccc4c3-c3ccccc3C4(C)C)cccc21. The van der Waals surface area contributed by atoms with Crippen molar-refractivity contribution in [2.24, 2.45) is 0 Å². The van der Waals surface area contributed by atoms with Crippen LogP contribution in [0.4, 0.5) is 17.1 Å². The Kier molecular flexibility index (Phi) is 6.98. The fourth-order valence-electron chi connectivity index (χ4n) is 10.1. The topological polar surface area (TPSA) is 8.17 Å². The molecule has 2 nitrogen and oxygen atoms in total. The highest BCUT2D eigenvalue weighted by molar-refractivity contribution is 6.10. The Morgan fingerprint density at radius 1 is 0.375 bits per heavy atom. The lowest BCUT2D eigenvalue weighted by Gasteiger charge is -2.33. The summed E-state index contributed by atoms with van der Waals surface area (Å²) in [5.74, 6) is 0. The average molecular weight is 719 g/mol. The standard InChI is InChI=1S/C54H42N2/c1-53(2)41-24-12-8-22-39(41)51-43(53)26-16-30-48(51)56(49-31-17-27-44-52(49)40-23-9-13-25-42(40)54(44,3)4)50-34-36(35-18-6-5-7-19-35)32-33-47(50)55-45-28-14-10-20-37(45)38-21-11-15-29-46(38)55/h5-34H,1-4H3. The van der Waals surface area contributed by atoms with Crippen LogP contribution in [-0.4, -0.2) is 4.57 Å². The largest absolute Gasteiger partial charge is 0.307 e. The van der Waals surface area contributed by atoms with Crippen molar-refractivity contribution in [2.75, 3.05) is 4.90 Å². The smallest absolute Gasteiger partial charge is 0.0709 e. The summed E-state index contributed by atoms with van der Waals surface area (Å²) in [5, 5.41) is 2.50. The van der Waals surface area contributed by atoms with Crippen LogP contribution in [0.15, 0.2) is 182 Å². The van der Waals surface area contributed by atoms with E-state index in [0.717, 1.165) is 11.4 Å². The summed E-state index contributed by atoms with van der Waals surface area (Å²) in [4.78, 5) is 2.61. The summed E-state index contributed by atoms with van der Waals surface area (Å²) in [6.45, 7) is 9.52. The second-order valence-electron chi connectivity index (χ2n) is 16.5. The van der Waals surface area contributed by atoms with Crippen molar-refractivity contribution < 1.29 is 0 Å². The summed E-state index contributed by atoms with van der Waals surface area (Å²) in [6.07, 6.45) is 0. The Morgan fingerprint density at radius 2 is 0.839 bits per heavy atom. The molecule has 0 amide bonds. The van der Waals surface area contributed by atoms with Crippen LogP contribution in [0.2, 0.25) is 0 Å².